The van der Waals surface area contributed by atoms with Crippen LogP contribution in [-0.2, 0) is 0 Å². The van der Waals surface area contributed by atoms with Crippen LogP contribution in [0, 0.1) is 18.3 Å². The van der Waals surface area contributed by atoms with Crippen LogP contribution in [0.3, 0.4) is 0 Å². The van der Waals surface area contributed by atoms with E-state index in [1.54, 1.807) is 12.1 Å². The third kappa shape index (κ3) is 2.70. The van der Waals surface area contributed by atoms with E-state index in [4.69, 9.17) is 16.9 Å². The van der Waals surface area contributed by atoms with E-state index in [1.165, 1.54) is 0 Å². The highest BCUT2D eigenvalue weighted by Crippen LogP contribution is 2.40. The quantitative estimate of drug-likeness (QED) is 0.805. The normalized spacial score (nSPS) is 13.8. The Labute approximate surface area is 129 Å². The Bertz CT molecular complexity index is 714. The van der Waals surface area contributed by atoms with E-state index in [0.29, 0.717) is 16.6 Å². The monoisotopic (exact) mass is 298 g/mol. The number of nitrogens with zero attached hydrogens (tertiary/aromatic N) is 4. The lowest BCUT2D eigenvalue weighted by atomic mass is 10.2. The molecule has 0 aliphatic heterocycles. The second-order valence-electron chi connectivity index (χ2n) is 5.31. The van der Waals surface area contributed by atoms with E-state index in [0.717, 1.165) is 35.7 Å². The highest BCUT2D eigenvalue weighted by Gasteiger charge is 2.28. The first kappa shape index (κ1) is 13.8. The molecule has 4 nitrogen and oxygen atoms in total. The van der Waals surface area contributed by atoms with Gasteiger partial charge in [0.25, 0.3) is 0 Å². The van der Waals surface area contributed by atoms with Gasteiger partial charge in [-0.2, -0.15) is 5.26 Å². The minimum Gasteiger partial charge on any atom is -0.329 e. The summed E-state index contributed by atoms with van der Waals surface area (Å²) in [6.07, 6.45) is 2.28. The number of nitriles is 1. The summed E-state index contributed by atoms with van der Waals surface area (Å²) in [6.45, 7) is 1.93. The average Bonchev–Trinajstić information content (AvgIpc) is 3.34. The van der Waals surface area contributed by atoms with Crippen LogP contribution in [0.25, 0.3) is 0 Å². The van der Waals surface area contributed by atoms with E-state index < -0.39 is 0 Å². The first-order valence-corrected chi connectivity index (χ1v) is 7.26. The van der Waals surface area contributed by atoms with Gasteiger partial charge in [-0.3, -0.25) is 0 Å². The zero-order valence-electron chi connectivity index (χ0n) is 12.0. The van der Waals surface area contributed by atoms with Gasteiger partial charge in [0.15, 0.2) is 0 Å². The molecule has 0 saturated heterocycles. The van der Waals surface area contributed by atoms with Crippen molar-refractivity contribution in [3.8, 4) is 6.07 Å². The number of halogens is 1. The summed E-state index contributed by atoms with van der Waals surface area (Å²) >= 11 is 6.25. The van der Waals surface area contributed by atoms with Crippen LogP contribution in [-0.4, -0.2) is 17.0 Å². The number of hydrogen-bond donors (Lipinski definition) is 0. The molecule has 0 unspecified atom stereocenters. The van der Waals surface area contributed by atoms with Crippen LogP contribution in [0.4, 0.5) is 11.5 Å². The Hall–Kier alpha value is -2.12. The fraction of sp³-hybridized carbons (Fsp3) is 0.312. The standard InChI is InChI=1S/C16H15ClN4/c1-10-14(17)19-15(12-5-6-12)20-16(10)21(2)13-7-3-11(9-18)4-8-13/h3-4,7-8,12H,5-6H2,1-2H3. The third-order valence-corrected chi connectivity index (χ3v) is 4.09. The van der Waals surface area contributed by atoms with Gasteiger partial charge in [-0.1, -0.05) is 11.6 Å². The molecule has 0 spiro atoms. The van der Waals surface area contributed by atoms with Gasteiger partial charge < -0.3 is 4.90 Å². The van der Waals surface area contributed by atoms with Crippen LogP contribution >= 0.6 is 11.6 Å². The molecule has 1 heterocycles. The molecule has 3 rings (SSSR count). The van der Waals surface area contributed by atoms with Gasteiger partial charge in [0.05, 0.1) is 11.6 Å². The Balaban J connectivity index is 1.99. The molecule has 2 aromatic rings. The summed E-state index contributed by atoms with van der Waals surface area (Å²) in [5.74, 6) is 2.11. The second-order valence-corrected chi connectivity index (χ2v) is 5.67. The van der Waals surface area contributed by atoms with Gasteiger partial charge in [0, 0.05) is 24.2 Å². The summed E-state index contributed by atoms with van der Waals surface area (Å²) in [7, 11) is 1.95. The highest BCUT2D eigenvalue weighted by molar-refractivity contribution is 6.30. The molecule has 5 heteroatoms. The van der Waals surface area contributed by atoms with Crippen molar-refractivity contribution in [1.29, 1.82) is 5.26 Å². The molecular weight excluding hydrogens is 284 g/mol. The fourth-order valence-electron chi connectivity index (χ4n) is 2.23. The minimum atomic E-state index is 0.455. The van der Waals surface area contributed by atoms with Gasteiger partial charge in [-0.15, -0.1) is 0 Å². The van der Waals surface area contributed by atoms with Crippen LogP contribution < -0.4 is 4.90 Å². The summed E-state index contributed by atoms with van der Waals surface area (Å²) in [5, 5.41) is 9.38. The zero-order chi connectivity index (χ0) is 15.0. The molecule has 1 aromatic carbocycles. The van der Waals surface area contributed by atoms with Gasteiger partial charge in [0.1, 0.15) is 16.8 Å². The van der Waals surface area contributed by atoms with Gasteiger partial charge in [-0.05, 0) is 44.0 Å². The average molecular weight is 299 g/mol. The lowest BCUT2D eigenvalue weighted by molar-refractivity contribution is 0.904. The maximum atomic E-state index is 8.87. The molecule has 1 saturated carbocycles. The maximum Gasteiger partial charge on any atom is 0.140 e. The maximum absolute atomic E-state index is 8.87. The van der Waals surface area contributed by atoms with Crippen molar-refractivity contribution in [2.24, 2.45) is 0 Å². The Morgan fingerprint density at radius 3 is 2.48 bits per heavy atom. The predicted molar refractivity (Wildman–Crippen MR) is 83.0 cm³/mol. The number of anilines is 2. The van der Waals surface area contributed by atoms with Crippen molar-refractivity contribution in [1.82, 2.24) is 9.97 Å². The Kier molecular flexibility index (Phi) is 3.52. The molecule has 1 aliphatic rings. The summed E-state index contributed by atoms with van der Waals surface area (Å²) in [6, 6.07) is 9.53. The van der Waals surface area contributed by atoms with Crippen molar-refractivity contribution in [3.63, 3.8) is 0 Å². The third-order valence-electron chi connectivity index (χ3n) is 3.72. The van der Waals surface area contributed by atoms with E-state index in [2.05, 4.69) is 16.0 Å². The molecule has 1 aromatic heterocycles. The fourth-order valence-corrected chi connectivity index (χ4v) is 2.40. The smallest absolute Gasteiger partial charge is 0.140 e. The van der Waals surface area contributed by atoms with E-state index in [9.17, 15) is 0 Å². The van der Waals surface area contributed by atoms with Crippen LogP contribution in [0.2, 0.25) is 5.15 Å². The van der Waals surface area contributed by atoms with E-state index in [-0.39, 0.29) is 0 Å². The summed E-state index contributed by atoms with van der Waals surface area (Å²) in [5.41, 5.74) is 2.48. The Morgan fingerprint density at radius 1 is 1.24 bits per heavy atom. The van der Waals surface area contributed by atoms with Crippen molar-refractivity contribution in [3.05, 3.63) is 46.4 Å². The minimum absolute atomic E-state index is 0.455. The number of rotatable bonds is 3. The molecule has 106 valence electrons. The zero-order valence-corrected chi connectivity index (χ0v) is 12.7. The van der Waals surface area contributed by atoms with Crippen LogP contribution in [0.5, 0.6) is 0 Å². The number of hydrogen-bond acceptors (Lipinski definition) is 4. The molecule has 1 fully saturated rings. The molecular formula is C16H15ClN4. The van der Waals surface area contributed by atoms with E-state index >= 15 is 0 Å². The largest absolute Gasteiger partial charge is 0.329 e. The summed E-state index contributed by atoms with van der Waals surface area (Å²) < 4.78 is 0. The van der Waals surface area contributed by atoms with Crippen LogP contribution in [0.1, 0.15) is 35.7 Å². The topological polar surface area (TPSA) is 52.8 Å². The van der Waals surface area contributed by atoms with Gasteiger partial charge in [-0.25, -0.2) is 9.97 Å². The summed E-state index contributed by atoms with van der Waals surface area (Å²) in [4.78, 5) is 11.0. The van der Waals surface area contributed by atoms with Crippen molar-refractivity contribution in [2.45, 2.75) is 25.7 Å². The molecule has 0 bridgehead atoms. The molecule has 21 heavy (non-hydrogen) atoms. The van der Waals surface area contributed by atoms with Crippen LogP contribution in [0.15, 0.2) is 24.3 Å². The lowest BCUT2D eigenvalue weighted by Crippen LogP contribution is -2.14. The number of benzene rings is 1. The van der Waals surface area contributed by atoms with Crippen molar-refractivity contribution >= 4 is 23.1 Å². The highest BCUT2D eigenvalue weighted by atomic mass is 35.5. The SMILES string of the molecule is Cc1c(Cl)nc(C2CC2)nc1N(C)c1ccc(C#N)cc1. The lowest BCUT2D eigenvalue weighted by Gasteiger charge is -2.21. The number of aromatic nitrogens is 2. The Morgan fingerprint density at radius 2 is 1.90 bits per heavy atom. The van der Waals surface area contributed by atoms with Crippen molar-refractivity contribution in [2.75, 3.05) is 11.9 Å². The van der Waals surface area contributed by atoms with Gasteiger partial charge in [0.2, 0.25) is 0 Å². The van der Waals surface area contributed by atoms with Crippen molar-refractivity contribution < 1.29 is 0 Å². The molecule has 1 aliphatic carbocycles. The molecule has 0 atom stereocenters. The molecule has 0 N–H and O–H groups in total. The first-order chi connectivity index (χ1) is 10.1. The molecule has 0 amide bonds. The second kappa shape index (κ2) is 5.34. The predicted octanol–water partition coefficient (Wildman–Crippen LogP) is 3.96. The van der Waals surface area contributed by atoms with Gasteiger partial charge >= 0.3 is 0 Å². The van der Waals surface area contributed by atoms with E-state index in [1.807, 2.05) is 31.0 Å². The molecule has 0 radical (unpaired) electrons. The first-order valence-electron chi connectivity index (χ1n) is 6.88.